The number of nitrogens with zero attached hydrogens (tertiary/aromatic N) is 4. The first-order chi connectivity index (χ1) is 18.6. The van der Waals surface area contributed by atoms with E-state index in [1.807, 2.05) is 90.5 Å². The van der Waals surface area contributed by atoms with Gasteiger partial charge in [-0.3, -0.25) is 4.79 Å². The number of benzene rings is 4. The molecule has 6 heteroatoms. The Morgan fingerprint density at radius 2 is 1.53 bits per heavy atom. The smallest absolute Gasteiger partial charge is 0.163 e. The number of carbonyl (C=O) groups is 1. The number of aromatic nitrogens is 3. The highest BCUT2D eigenvalue weighted by Crippen LogP contribution is 2.40. The van der Waals surface area contributed by atoms with Gasteiger partial charge in [-0.15, -0.1) is 5.10 Å². The van der Waals surface area contributed by atoms with Gasteiger partial charge in [-0.2, -0.15) is 0 Å². The van der Waals surface area contributed by atoms with E-state index in [0.717, 1.165) is 39.5 Å². The van der Waals surface area contributed by atoms with Crippen LogP contribution in [0, 0.1) is 6.92 Å². The Hall–Kier alpha value is -4.22. The van der Waals surface area contributed by atoms with Gasteiger partial charge in [0.2, 0.25) is 0 Å². The highest BCUT2D eigenvalue weighted by atomic mass is 35.5. The second-order valence-electron chi connectivity index (χ2n) is 9.61. The molecule has 1 aliphatic heterocycles. The minimum Gasteiger partial charge on any atom is -0.339 e. The van der Waals surface area contributed by atoms with Gasteiger partial charge in [0.15, 0.2) is 5.78 Å². The molecule has 2 heterocycles. The lowest BCUT2D eigenvalue weighted by molar-refractivity contribution is 0.0977. The topological polar surface area (TPSA) is 51.0 Å². The minimum absolute atomic E-state index is 0.0241. The molecule has 0 atom stereocenters. The minimum atomic E-state index is -0.0241. The van der Waals surface area contributed by atoms with Crippen LogP contribution in [0.3, 0.4) is 0 Å². The standard InChI is InChI=1S/C32H27ClN4O/c1-22-32-28-17-12-25(31(38)21-29(23-8-4-2-5-9-23)24-10-6-3-7-11-24)20-30(28)36(18-19-37(32)35-34-22)27-15-13-26(33)14-16-27/h2-17,20,29H,18-19,21H2,1H3. The molecule has 5 aromatic rings. The first-order valence-corrected chi connectivity index (χ1v) is 13.2. The lowest BCUT2D eigenvalue weighted by atomic mass is 9.85. The highest BCUT2D eigenvalue weighted by Gasteiger charge is 2.26. The summed E-state index contributed by atoms with van der Waals surface area (Å²) in [6.07, 6.45) is 0.381. The normalized spacial score (nSPS) is 12.7. The van der Waals surface area contributed by atoms with Crippen LogP contribution in [0.4, 0.5) is 11.4 Å². The van der Waals surface area contributed by atoms with E-state index >= 15 is 0 Å². The van der Waals surface area contributed by atoms with Crippen molar-refractivity contribution >= 4 is 28.8 Å². The molecule has 1 aromatic heterocycles. The summed E-state index contributed by atoms with van der Waals surface area (Å²) in [4.78, 5) is 16.1. The van der Waals surface area contributed by atoms with E-state index in [-0.39, 0.29) is 11.7 Å². The number of hydrogen-bond acceptors (Lipinski definition) is 4. The highest BCUT2D eigenvalue weighted by molar-refractivity contribution is 6.30. The van der Waals surface area contributed by atoms with Crippen molar-refractivity contribution in [3.63, 3.8) is 0 Å². The van der Waals surface area contributed by atoms with Gasteiger partial charge in [0.05, 0.1) is 23.6 Å². The number of anilines is 2. The Morgan fingerprint density at radius 3 is 2.18 bits per heavy atom. The molecule has 0 radical (unpaired) electrons. The van der Waals surface area contributed by atoms with Gasteiger partial charge >= 0.3 is 0 Å². The molecule has 38 heavy (non-hydrogen) atoms. The summed E-state index contributed by atoms with van der Waals surface area (Å²) < 4.78 is 1.95. The summed E-state index contributed by atoms with van der Waals surface area (Å²) in [5, 5.41) is 9.38. The van der Waals surface area contributed by atoms with Crippen molar-refractivity contribution in [2.24, 2.45) is 0 Å². The third kappa shape index (κ3) is 4.61. The summed E-state index contributed by atoms with van der Waals surface area (Å²) in [7, 11) is 0. The van der Waals surface area contributed by atoms with E-state index in [0.29, 0.717) is 30.1 Å². The first kappa shape index (κ1) is 24.1. The molecule has 0 bridgehead atoms. The van der Waals surface area contributed by atoms with E-state index < -0.39 is 0 Å². The molecule has 0 fully saturated rings. The van der Waals surface area contributed by atoms with Crippen molar-refractivity contribution in [3.8, 4) is 11.3 Å². The van der Waals surface area contributed by atoms with E-state index in [4.69, 9.17) is 11.6 Å². The van der Waals surface area contributed by atoms with Crippen molar-refractivity contribution in [2.75, 3.05) is 11.4 Å². The van der Waals surface area contributed by atoms with Gasteiger partial charge in [0.1, 0.15) is 0 Å². The van der Waals surface area contributed by atoms with Crippen LogP contribution in [0.1, 0.15) is 39.5 Å². The number of halogens is 1. The number of Topliss-reactive ketones (excluding diaryl/α,β-unsaturated/α-hetero) is 1. The molecule has 5 nitrogen and oxygen atoms in total. The zero-order chi connectivity index (χ0) is 26.1. The van der Waals surface area contributed by atoms with E-state index in [2.05, 4.69) is 39.5 Å². The molecule has 0 unspecified atom stereocenters. The number of hydrogen-bond donors (Lipinski definition) is 0. The Bertz CT molecular complexity index is 1540. The summed E-state index contributed by atoms with van der Waals surface area (Å²) in [6.45, 7) is 3.35. The largest absolute Gasteiger partial charge is 0.339 e. The maximum Gasteiger partial charge on any atom is 0.163 e. The maximum absolute atomic E-state index is 13.9. The Kier molecular flexibility index (Phi) is 6.52. The van der Waals surface area contributed by atoms with Gasteiger partial charge in [-0.05, 0) is 54.4 Å². The molecule has 0 N–H and O–H groups in total. The summed E-state index contributed by atoms with van der Waals surface area (Å²) in [5.74, 6) is 0.0816. The van der Waals surface area contributed by atoms with Crippen molar-refractivity contribution in [2.45, 2.75) is 25.8 Å². The number of ketones is 1. The summed E-state index contributed by atoms with van der Waals surface area (Å²) >= 11 is 6.19. The fourth-order valence-corrected chi connectivity index (χ4v) is 5.45. The lowest BCUT2D eigenvalue weighted by Gasteiger charge is -2.25. The van der Waals surface area contributed by atoms with Crippen LogP contribution in [0.5, 0.6) is 0 Å². The zero-order valence-corrected chi connectivity index (χ0v) is 21.8. The quantitative estimate of drug-likeness (QED) is 0.219. The van der Waals surface area contributed by atoms with Crippen molar-refractivity contribution in [1.82, 2.24) is 15.0 Å². The van der Waals surface area contributed by atoms with E-state index in [1.165, 1.54) is 0 Å². The Balaban J connectivity index is 1.41. The van der Waals surface area contributed by atoms with Crippen LogP contribution in [-0.2, 0) is 6.54 Å². The van der Waals surface area contributed by atoms with Crippen LogP contribution >= 0.6 is 11.6 Å². The van der Waals surface area contributed by atoms with Gasteiger partial charge in [0, 0.05) is 40.7 Å². The maximum atomic E-state index is 13.9. The van der Waals surface area contributed by atoms with E-state index in [9.17, 15) is 4.79 Å². The lowest BCUT2D eigenvalue weighted by Crippen LogP contribution is -2.21. The van der Waals surface area contributed by atoms with Gasteiger partial charge in [-0.25, -0.2) is 4.68 Å². The molecule has 188 valence electrons. The number of aryl methyl sites for hydroxylation is 1. The predicted molar refractivity (Wildman–Crippen MR) is 152 cm³/mol. The predicted octanol–water partition coefficient (Wildman–Crippen LogP) is 7.46. The number of fused-ring (bicyclic) bond motifs is 3. The molecular formula is C32H27ClN4O. The van der Waals surface area contributed by atoms with Gasteiger partial charge in [-0.1, -0.05) is 83.5 Å². The Labute approximate surface area is 227 Å². The van der Waals surface area contributed by atoms with E-state index in [1.54, 1.807) is 0 Å². The molecular weight excluding hydrogens is 492 g/mol. The molecule has 0 saturated heterocycles. The fraction of sp³-hybridized carbons (Fsp3) is 0.156. The molecule has 1 aliphatic rings. The molecule has 0 aliphatic carbocycles. The SMILES string of the molecule is Cc1nnn2c1-c1ccc(C(=O)CC(c3ccccc3)c3ccccc3)cc1N(c1ccc(Cl)cc1)CC2. The van der Waals surface area contributed by atoms with Crippen LogP contribution in [0.15, 0.2) is 103 Å². The number of rotatable bonds is 6. The van der Waals surface area contributed by atoms with Gasteiger partial charge in [0.25, 0.3) is 0 Å². The van der Waals surface area contributed by atoms with Crippen LogP contribution in [0.2, 0.25) is 5.02 Å². The monoisotopic (exact) mass is 518 g/mol. The average molecular weight is 519 g/mol. The van der Waals surface area contributed by atoms with Gasteiger partial charge < -0.3 is 4.90 Å². The second-order valence-corrected chi connectivity index (χ2v) is 10.0. The van der Waals surface area contributed by atoms with Crippen LogP contribution in [-0.4, -0.2) is 27.3 Å². The molecule has 4 aromatic carbocycles. The molecule has 6 rings (SSSR count). The average Bonchev–Trinajstić information content (AvgIpc) is 3.24. The molecule has 0 spiro atoms. The van der Waals surface area contributed by atoms with Crippen LogP contribution in [0.25, 0.3) is 11.3 Å². The van der Waals surface area contributed by atoms with Crippen LogP contribution < -0.4 is 4.90 Å². The summed E-state index contributed by atoms with van der Waals surface area (Å²) in [5.41, 5.74) is 7.82. The zero-order valence-electron chi connectivity index (χ0n) is 21.1. The first-order valence-electron chi connectivity index (χ1n) is 12.8. The Morgan fingerprint density at radius 1 is 0.868 bits per heavy atom. The van der Waals surface area contributed by atoms with Crippen molar-refractivity contribution in [3.05, 3.63) is 131 Å². The third-order valence-electron chi connectivity index (χ3n) is 7.24. The molecule has 0 amide bonds. The van der Waals surface area contributed by atoms with Crippen molar-refractivity contribution < 1.29 is 4.79 Å². The summed E-state index contributed by atoms with van der Waals surface area (Å²) in [6, 6.07) is 34.4. The second kappa shape index (κ2) is 10.3. The number of carbonyl (C=O) groups excluding carboxylic acids is 1. The third-order valence-corrected chi connectivity index (χ3v) is 7.49. The van der Waals surface area contributed by atoms with Crippen molar-refractivity contribution in [1.29, 1.82) is 0 Å². The fourth-order valence-electron chi connectivity index (χ4n) is 5.33. The molecule has 0 saturated carbocycles.